The number of hydrogen-bond donors (Lipinski definition) is 0. The summed E-state index contributed by atoms with van der Waals surface area (Å²) in [6, 6.07) is 8.03. The van der Waals surface area contributed by atoms with Gasteiger partial charge in [0, 0.05) is 46.0 Å². The van der Waals surface area contributed by atoms with E-state index in [0.717, 1.165) is 33.9 Å². The van der Waals surface area contributed by atoms with E-state index in [0.29, 0.717) is 0 Å². The largest absolute Gasteiger partial charge is 0.378 e. The second kappa shape index (κ2) is 7.17. The molecule has 0 amide bonds. The van der Waals surface area contributed by atoms with E-state index >= 15 is 0 Å². The van der Waals surface area contributed by atoms with Crippen molar-refractivity contribution in [1.29, 1.82) is 0 Å². The van der Waals surface area contributed by atoms with Gasteiger partial charge >= 0.3 is 0 Å². The third-order valence-corrected chi connectivity index (χ3v) is 5.96. The molecule has 0 spiro atoms. The number of aliphatic imine (C=N–C) groups is 1. The summed E-state index contributed by atoms with van der Waals surface area (Å²) in [7, 11) is 2.90. The van der Waals surface area contributed by atoms with Crippen LogP contribution in [0, 0.1) is 0 Å². The fourth-order valence-corrected chi connectivity index (χ4v) is 4.23. The fraction of sp³-hybridized carbons (Fsp3) is 0.364. The highest BCUT2D eigenvalue weighted by atomic mass is 32.2. The molecule has 6 heteroatoms. The number of benzene rings is 1. The van der Waals surface area contributed by atoms with Gasteiger partial charge in [-0.15, -0.1) is 0 Å². The Morgan fingerprint density at radius 3 is 2.32 bits per heavy atom. The first-order valence-corrected chi connectivity index (χ1v) is 11.3. The minimum absolute atomic E-state index is 0.0260. The summed E-state index contributed by atoms with van der Waals surface area (Å²) in [6.07, 6.45) is 9.32. The van der Waals surface area contributed by atoms with Gasteiger partial charge in [0.05, 0.1) is 22.7 Å². The van der Waals surface area contributed by atoms with Gasteiger partial charge in [-0.2, -0.15) is 0 Å². The summed E-state index contributed by atoms with van der Waals surface area (Å²) >= 11 is 0. The Balaban J connectivity index is 2.02. The Hall–Kier alpha value is -2.47. The van der Waals surface area contributed by atoms with Crippen LogP contribution >= 0.6 is 0 Å². The quantitative estimate of drug-likeness (QED) is 0.578. The normalized spacial score (nSPS) is 20.0. The molecule has 1 aliphatic carbocycles. The Kier molecular flexibility index (Phi) is 5.19. The predicted octanol–water partition coefficient (Wildman–Crippen LogP) is 3.17. The number of fused-ring (bicyclic) bond motifs is 1. The molecular formula is C22H28N3O2S+. The zero-order valence-electron chi connectivity index (χ0n) is 17.4. The Bertz CT molecular complexity index is 1050. The number of rotatable bonds is 4. The van der Waals surface area contributed by atoms with Crippen LogP contribution in [0.25, 0.3) is 0 Å². The lowest BCUT2D eigenvalue weighted by molar-refractivity contribution is -0.560. The third-order valence-electron chi connectivity index (χ3n) is 5.12. The second-order valence-electron chi connectivity index (χ2n) is 8.18. The van der Waals surface area contributed by atoms with Crippen LogP contribution in [0.5, 0.6) is 0 Å². The number of allylic oxidation sites excluding steroid dienone is 4. The van der Waals surface area contributed by atoms with Crippen LogP contribution in [0.2, 0.25) is 0 Å². The van der Waals surface area contributed by atoms with Crippen LogP contribution in [0.4, 0.5) is 11.4 Å². The first kappa shape index (κ1) is 20.3. The topological polar surface area (TPSA) is 52.8 Å². The van der Waals surface area contributed by atoms with E-state index in [1.54, 1.807) is 0 Å². The molecule has 0 fully saturated rings. The van der Waals surface area contributed by atoms with Crippen molar-refractivity contribution in [3.8, 4) is 0 Å². The average molecular weight is 399 g/mol. The van der Waals surface area contributed by atoms with Crippen molar-refractivity contribution in [2.24, 2.45) is 4.99 Å². The Morgan fingerprint density at radius 2 is 1.75 bits per heavy atom. The molecule has 0 saturated carbocycles. The molecule has 0 radical (unpaired) electrons. The van der Waals surface area contributed by atoms with Gasteiger partial charge in [0.2, 0.25) is 5.71 Å². The zero-order valence-corrected chi connectivity index (χ0v) is 18.2. The standard InChI is InChI=1S/C22H28N3O2S/c1-22(2)14-16(15-28(6,26)27)20-13-18(9-12-21(20)25(22)5)23-17-7-10-19(11-8-17)24(3)4/h7-14H,15H2,1-6H3/q+1. The molecule has 0 saturated heterocycles. The second-order valence-corrected chi connectivity index (χ2v) is 10.3. The minimum Gasteiger partial charge on any atom is -0.378 e. The van der Waals surface area contributed by atoms with Crippen molar-refractivity contribution >= 4 is 32.6 Å². The van der Waals surface area contributed by atoms with Crippen LogP contribution < -0.4 is 4.90 Å². The maximum Gasteiger partial charge on any atom is 0.208 e. The zero-order chi connectivity index (χ0) is 20.7. The molecule has 3 rings (SSSR count). The maximum atomic E-state index is 12.0. The van der Waals surface area contributed by atoms with E-state index < -0.39 is 9.84 Å². The molecule has 148 valence electrons. The lowest BCUT2D eigenvalue weighted by atomic mass is 9.86. The van der Waals surface area contributed by atoms with Crippen LogP contribution in [0.1, 0.15) is 13.8 Å². The van der Waals surface area contributed by atoms with Crippen LogP contribution in [-0.4, -0.2) is 63.1 Å². The third kappa shape index (κ3) is 4.33. The molecule has 1 aliphatic heterocycles. The van der Waals surface area contributed by atoms with Crippen LogP contribution in [0.15, 0.2) is 64.7 Å². The summed E-state index contributed by atoms with van der Waals surface area (Å²) in [6.45, 7) is 4.17. The van der Waals surface area contributed by atoms with Crippen molar-refractivity contribution < 1.29 is 13.0 Å². The van der Waals surface area contributed by atoms with Crippen LogP contribution in [0.3, 0.4) is 0 Å². The molecule has 1 aromatic rings. The predicted molar refractivity (Wildman–Crippen MR) is 118 cm³/mol. The Morgan fingerprint density at radius 1 is 1.11 bits per heavy atom. The van der Waals surface area contributed by atoms with E-state index in [1.165, 1.54) is 6.26 Å². The summed E-state index contributed by atoms with van der Waals surface area (Å²) < 4.78 is 26.1. The molecule has 0 bridgehead atoms. The molecule has 0 unspecified atom stereocenters. The number of hydrogen-bond acceptors (Lipinski definition) is 4. The van der Waals surface area contributed by atoms with Crippen molar-refractivity contribution in [3.63, 3.8) is 0 Å². The Labute approximate surface area is 168 Å². The highest BCUT2D eigenvalue weighted by molar-refractivity contribution is 7.90. The summed E-state index contributed by atoms with van der Waals surface area (Å²) in [4.78, 5) is 6.77. The average Bonchev–Trinajstić information content (AvgIpc) is 2.58. The summed E-state index contributed by atoms with van der Waals surface area (Å²) in [5.41, 5.74) is 5.32. The van der Waals surface area contributed by atoms with Gasteiger partial charge in [-0.3, -0.25) is 0 Å². The van der Waals surface area contributed by atoms with Crippen molar-refractivity contribution in [1.82, 2.24) is 0 Å². The highest BCUT2D eigenvalue weighted by Crippen LogP contribution is 2.29. The van der Waals surface area contributed by atoms with Gasteiger partial charge < -0.3 is 4.90 Å². The lowest BCUT2D eigenvalue weighted by Gasteiger charge is -2.28. The van der Waals surface area contributed by atoms with E-state index in [9.17, 15) is 8.42 Å². The molecule has 0 aromatic heterocycles. The molecule has 5 nitrogen and oxygen atoms in total. The fourth-order valence-electron chi connectivity index (χ4n) is 3.43. The van der Waals surface area contributed by atoms with Crippen LogP contribution in [-0.2, 0) is 9.84 Å². The van der Waals surface area contributed by atoms with Gasteiger partial charge in [0.1, 0.15) is 7.05 Å². The smallest absolute Gasteiger partial charge is 0.208 e. The molecule has 0 atom stereocenters. The van der Waals surface area contributed by atoms with E-state index in [2.05, 4.69) is 18.4 Å². The first-order valence-electron chi connectivity index (χ1n) is 9.23. The van der Waals surface area contributed by atoms with Crippen molar-refractivity contribution in [2.45, 2.75) is 19.4 Å². The SMILES string of the molecule is CN(C)c1ccc(N=C2C=CC3=[N+](C)C(C)(C)C=C(CS(C)(=O)=O)C3=C2)cc1. The molecule has 28 heavy (non-hydrogen) atoms. The monoisotopic (exact) mass is 398 g/mol. The van der Waals surface area contributed by atoms with E-state index in [-0.39, 0.29) is 11.3 Å². The van der Waals surface area contributed by atoms with Gasteiger partial charge in [0.15, 0.2) is 15.4 Å². The van der Waals surface area contributed by atoms with E-state index in [1.807, 2.05) is 74.6 Å². The van der Waals surface area contributed by atoms with E-state index in [4.69, 9.17) is 4.99 Å². The summed E-state index contributed by atoms with van der Waals surface area (Å²) in [5, 5.41) is 0. The van der Waals surface area contributed by atoms with Crippen molar-refractivity contribution in [3.05, 3.63) is 59.7 Å². The highest BCUT2D eigenvalue weighted by Gasteiger charge is 2.37. The minimum atomic E-state index is -3.14. The molecule has 2 aliphatic rings. The number of sulfone groups is 1. The lowest BCUT2D eigenvalue weighted by Crippen LogP contribution is -2.41. The maximum absolute atomic E-state index is 12.0. The van der Waals surface area contributed by atoms with Gasteiger partial charge in [0.25, 0.3) is 0 Å². The molecule has 0 N–H and O–H groups in total. The summed E-state index contributed by atoms with van der Waals surface area (Å²) in [5.74, 6) is 0.0260. The van der Waals surface area contributed by atoms with Crippen molar-refractivity contribution in [2.75, 3.05) is 38.1 Å². The molecule has 1 heterocycles. The van der Waals surface area contributed by atoms with Gasteiger partial charge in [-0.1, -0.05) is 0 Å². The number of likely N-dealkylation sites (N-methyl/N-ethyl adjacent to an activating group) is 1. The number of anilines is 1. The number of nitrogens with zero attached hydrogens (tertiary/aromatic N) is 3. The molecule has 1 aromatic carbocycles. The van der Waals surface area contributed by atoms with Gasteiger partial charge in [-0.25, -0.2) is 18.0 Å². The van der Waals surface area contributed by atoms with Gasteiger partial charge in [-0.05, 0) is 48.1 Å². The molecular weight excluding hydrogens is 370 g/mol. The first-order chi connectivity index (χ1) is 13.0.